The van der Waals surface area contributed by atoms with Crippen LogP contribution in [-0.4, -0.2) is 35.7 Å². The molecular weight excluding hydrogens is 228 g/mol. The van der Waals surface area contributed by atoms with Crippen molar-refractivity contribution in [2.24, 2.45) is 5.73 Å². The van der Waals surface area contributed by atoms with E-state index in [1.807, 2.05) is 19.9 Å². The largest absolute Gasteiger partial charge is 0.478 e. The minimum absolute atomic E-state index is 0.357. The van der Waals surface area contributed by atoms with Crippen molar-refractivity contribution in [3.8, 4) is 5.88 Å². The van der Waals surface area contributed by atoms with Gasteiger partial charge in [0.15, 0.2) is 0 Å². The maximum atomic E-state index is 5.84. The summed E-state index contributed by atoms with van der Waals surface area (Å²) in [6.45, 7) is 6.18. The summed E-state index contributed by atoms with van der Waals surface area (Å²) in [6, 6.07) is 2.23. The zero-order chi connectivity index (χ0) is 13.0. The first-order chi connectivity index (χ1) is 8.74. The summed E-state index contributed by atoms with van der Waals surface area (Å²) in [7, 11) is 0. The van der Waals surface area contributed by atoms with Crippen molar-refractivity contribution in [3.05, 3.63) is 11.8 Å². The first kappa shape index (κ1) is 13.1. The van der Waals surface area contributed by atoms with Gasteiger partial charge in [0.2, 0.25) is 11.8 Å². The molecule has 1 aromatic heterocycles. The molecule has 1 aliphatic rings. The van der Waals surface area contributed by atoms with Crippen LogP contribution >= 0.6 is 0 Å². The minimum atomic E-state index is 0.357. The number of ether oxygens (including phenoxy) is 1. The molecule has 1 unspecified atom stereocenters. The number of nitrogens with two attached hydrogens (primary N) is 1. The van der Waals surface area contributed by atoms with Gasteiger partial charge in [0.25, 0.3) is 0 Å². The van der Waals surface area contributed by atoms with E-state index in [0.29, 0.717) is 25.1 Å². The van der Waals surface area contributed by atoms with Crippen molar-refractivity contribution in [1.82, 2.24) is 9.97 Å². The fraction of sp³-hybridized carbons (Fsp3) is 0.692. The van der Waals surface area contributed by atoms with E-state index < -0.39 is 0 Å². The zero-order valence-corrected chi connectivity index (χ0v) is 11.2. The third kappa shape index (κ3) is 2.90. The van der Waals surface area contributed by atoms with Gasteiger partial charge in [0.05, 0.1) is 6.61 Å². The number of nitrogens with zero attached hydrogens (tertiary/aromatic N) is 3. The summed E-state index contributed by atoms with van der Waals surface area (Å²) in [5.41, 5.74) is 6.77. The summed E-state index contributed by atoms with van der Waals surface area (Å²) >= 11 is 0. The second-order valence-corrected chi connectivity index (χ2v) is 4.66. The summed E-state index contributed by atoms with van der Waals surface area (Å²) in [5, 5.41) is 0. The Hall–Kier alpha value is -1.36. The van der Waals surface area contributed by atoms with Crippen LogP contribution in [0.25, 0.3) is 0 Å². The molecule has 2 heterocycles. The fourth-order valence-electron chi connectivity index (χ4n) is 2.38. The first-order valence-electron chi connectivity index (χ1n) is 6.69. The topological polar surface area (TPSA) is 64.3 Å². The van der Waals surface area contributed by atoms with Crippen LogP contribution in [0.4, 0.5) is 5.95 Å². The lowest BCUT2D eigenvalue weighted by atomic mass is 10.0. The second kappa shape index (κ2) is 6.00. The number of rotatable bonds is 4. The zero-order valence-electron chi connectivity index (χ0n) is 11.2. The van der Waals surface area contributed by atoms with E-state index in [9.17, 15) is 0 Å². The van der Waals surface area contributed by atoms with E-state index in [1.165, 1.54) is 12.8 Å². The van der Waals surface area contributed by atoms with E-state index in [4.69, 9.17) is 10.5 Å². The van der Waals surface area contributed by atoms with Gasteiger partial charge in [-0.1, -0.05) is 0 Å². The third-order valence-corrected chi connectivity index (χ3v) is 3.27. The predicted octanol–water partition coefficient (Wildman–Crippen LogP) is 1.50. The molecule has 100 valence electrons. The fourth-order valence-corrected chi connectivity index (χ4v) is 2.38. The van der Waals surface area contributed by atoms with Crippen molar-refractivity contribution in [3.63, 3.8) is 0 Å². The normalized spacial score (nSPS) is 19.9. The molecule has 0 bridgehead atoms. The van der Waals surface area contributed by atoms with Crippen LogP contribution in [0, 0.1) is 6.92 Å². The molecule has 5 nitrogen and oxygen atoms in total. The van der Waals surface area contributed by atoms with Crippen LogP contribution in [0.5, 0.6) is 5.88 Å². The van der Waals surface area contributed by atoms with E-state index in [1.54, 1.807) is 0 Å². The number of hydrogen-bond acceptors (Lipinski definition) is 5. The highest BCUT2D eigenvalue weighted by Gasteiger charge is 2.23. The smallest absolute Gasteiger partial charge is 0.229 e. The maximum Gasteiger partial charge on any atom is 0.229 e. The number of hydrogen-bond donors (Lipinski definition) is 1. The van der Waals surface area contributed by atoms with E-state index in [2.05, 4.69) is 14.9 Å². The van der Waals surface area contributed by atoms with Gasteiger partial charge < -0.3 is 15.4 Å². The lowest BCUT2D eigenvalue weighted by Gasteiger charge is -2.35. The van der Waals surface area contributed by atoms with E-state index in [-0.39, 0.29) is 0 Å². The highest BCUT2D eigenvalue weighted by Crippen LogP contribution is 2.23. The standard InChI is InChI=1S/C13H22N4O/c1-3-18-12-8-10(2)15-13(16-12)17-7-5-4-6-11(17)9-14/h8,11H,3-7,9,14H2,1-2H3. The van der Waals surface area contributed by atoms with Crippen molar-refractivity contribution in [2.45, 2.75) is 39.2 Å². The molecule has 0 aliphatic carbocycles. The Labute approximate surface area is 108 Å². The summed E-state index contributed by atoms with van der Waals surface area (Å²) in [5.74, 6) is 1.41. The highest BCUT2D eigenvalue weighted by atomic mass is 16.5. The highest BCUT2D eigenvalue weighted by molar-refractivity contribution is 5.36. The number of anilines is 1. The predicted molar refractivity (Wildman–Crippen MR) is 72.0 cm³/mol. The SMILES string of the molecule is CCOc1cc(C)nc(N2CCCCC2CN)n1. The van der Waals surface area contributed by atoms with Gasteiger partial charge in [-0.25, -0.2) is 4.98 Å². The molecule has 0 aromatic carbocycles. The first-order valence-corrected chi connectivity index (χ1v) is 6.69. The van der Waals surface area contributed by atoms with Gasteiger partial charge in [0.1, 0.15) is 0 Å². The van der Waals surface area contributed by atoms with Gasteiger partial charge in [-0.3, -0.25) is 0 Å². The van der Waals surface area contributed by atoms with E-state index in [0.717, 1.165) is 24.6 Å². The number of aryl methyl sites for hydroxylation is 1. The monoisotopic (exact) mass is 250 g/mol. The average Bonchev–Trinajstić information content (AvgIpc) is 2.38. The van der Waals surface area contributed by atoms with Crippen LogP contribution in [0.3, 0.4) is 0 Å². The molecule has 1 aromatic rings. The van der Waals surface area contributed by atoms with Crippen molar-refractivity contribution in [2.75, 3.05) is 24.6 Å². The molecule has 1 fully saturated rings. The molecule has 5 heteroatoms. The van der Waals surface area contributed by atoms with Crippen molar-refractivity contribution in [1.29, 1.82) is 0 Å². The van der Waals surface area contributed by atoms with Crippen molar-refractivity contribution < 1.29 is 4.74 Å². The molecular formula is C13H22N4O. The van der Waals surface area contributed by atoms with Gasteiger partial charge >= 0.3 is 0 Å². The molecule has 0 amide bonds. The van der Waals surface area contributed by atoms with E-state index >= 15 is 0 Å². The molecule has 18 heavy (non-hydrogen) atoms. The van der Waals surface area contributed by atoms with Crippen LogP contribution < -0.4 is 15.4 Å². The van der Waals surface area contributed by atoms with Crippen LogP contribution in [0.1, 0.15) is 31.9 Å². The lowest BCUT2D eigenvalue weighted by molar-refractivity contribution is 0.325. The van der Waals surface area contributed by atoms with Crippen LogP contribution in [-0.2, 0) is 0 Å². The summed E-state index contributed by atoms with van der Waals surface area (Å²) in [6.07, 6.45) is 3.54. The number of aromatic nitrogens is 2. The maximum absolute atomic E-state index is 5.84. The number of piperidine rings is 1. The van der Waals surface area contributed by atoms with Crippen molar-refractivity contribution >= 4 is 5.95 Å². The summed E-state index contributed by atoms with van der Waals surface area (Å²) < 4.78 is 5.48. The third-order valence-electron chi connectivity index (χ3n) is 3.27. The molecule has 0 spiro atoms. The molecule has 2 N–H and O–H groups in total. The van der Waals surface area contributed by atoms with Gasteiger partial charge in [-0.05, 0) is 33.1 Å². The van der Waals surface area contributed by atoms with Gasteiger partial charge in [0, 0.05) is 30.9 Å². The molecule has 1 atom stereocenters. The molecule has 2 rings (SSSR count). The minimum Gasteiger partial charge on any atom is -0.478 e. The molecule has 0 saturated carbocycles. The van der Waals surface area contributed by atoms with Gasteiger partial charge in [-0.15, -0.1) is 0 Å². The Bertz CT molecular complexity index is 397. The second-order valence-electron chi connectivity index (χ2n) is 4.66. The van der Waals surface area contributed by atoms with Crippen LogP contribution in [0.2, 0.25) is 0 Å². The Kier molecular flexibility index (Phi) is 4.36. The average molecular weight is 250 g/mol. The molecule has 1 aliphatic heterocycles. The Morgan fingerprint density at radius 3 is 3.00 bits per heavy atom. The molecule has 0 radical (unpaired) electrons. The lowest BCUT2D eigenvalue weighted by Crippen LogP contribution is -2.45. The Balaban J connectivity index is 2.24. The van der Waals surface area contributed by atoms with Gasteiger partial charge in [-0.2, -0.15) is 4.98 Å². The Morgan fingerprint density at radius 2 is 2.28 bits per heavy atom. The molecule has 1 saturated heterocycles. The Morgan fingerprint density at radius 1 is 1.44 bits per heavy atom. The summed E-state index contributed by atoms with van der Waals surface area (Å²) in [4.78, 5) is 11.2. The quantitative estimate of drug-likeness (QED) is 0.877. The van der Waals surface area contributed by atoms with Crippen LogP contribution in [0.15, 0.2) is 6.07 Å².